The third kappa shape index (κ3) is 3.14. The molecule has 24 heavy (non-hydrogen) atoms. The Morgan fingerprint density at radius 2 is 1.96 bits per heavy atom. The summed E-state index contributed by atoms with van der Waals surface area (Å²) in [6, 6.07) is 0. The predicted molar refractivity (Wildman–Crippen MR) is 96.4 cm³/mol. The fraction of sp³-hybridized carbons (Fsp3) is 0.722. The molecule has 0 spiro atoms. The minimum atomic E-state index is 0.157. The molecule has 0 atom stereocenters. The van der Waals surface area contributed by atoms with Crippen LogP contribution in [0.25, 0.3) is 0 Å². The Labute approximate surface area is 148 Å². The van der Waals surface area contributed by atoms with Crippen molar-refractivity contribution in [2.75, 3.05) is 13.1 Å². The zero-order valence-corrected chi connectivity index (χ0v) is 15.8. The van der Waals surface area contributed by atoms with E-state index < -0.39 is 0 Å². The summed E-state index contributed by atoms with van der Waals surface area (Å²) >= 11 is 1.80. The summed E-state index contributed by atoms with van der Waals surface area (Å²) in [7, 11) is 0. The summed E-state index contributed by atoms with van der Waals surface area (Å²) in [5.74, 6) is 3.02. The molecule has 2 aliphatic heterocycles. The number of likely N-dealkylation sites (tertiary alicyclic amines) is 1. The van der Waals surface area contributed by atoms with Crippen LogP contribution in [0.15, 0.2) is 5.38 Å². The fourth-order valence-electron chi connectivity index (χ4n) is 3.78. The molecule has 4 rings (SSSR count). The van der Waals surface area contributed by atoms with Gasteiger partial charge < -0.3 is 4.57 Å². The number of aryl methyl sites for hydroxylation is 1. The number of hydrogen-bond acceptors (Lipinski definition) is 5. The molecule has 2 aromatic rings. The first-order chi connectivity index (χ1) is 11.5. The van der Waals surface area contributed by atoms with Gasteiger partial charge >= 0.3 is 0 Å². The van der Waals surface area contributed by atoms with Gasteiger partial charge in [0.15, 0.2) is 0 Å². The number of thiazole rings is 1. The first kappa shape index (κ1) is 16.2. The molecular weight excluding hydrogens is 318 g/mol. The van der Waals surface area contributed by atoms with E-state index in [9.17, 15) is 0 Å². The molecule has 0 unspecified atom stereocenters. The molecule has 2 aromatic heterocycles. The van der Waals surface area contributed by atoms with Crippen molar-refractivity contribution in [3.8, 4) is 0 Å². The van der Waals surface area contributed by atoms with Crippen LogP contribution in [0, 0.1) is 0 Å². The zero-order valence-electron chi connectivity index (χ0n) is 15.0. The highest BCUT2D eigenvalue weighted by Gasteiger charge is 2.28. The van der Waals surface area contributed by atoms with E-state index in [2.05, 4.69) is 45.8 Å². The molecular formula is C18H27N5S. The van der Waals surface area contributed by atoms with Crippen molar-refractivity contribution in [1.29, 1.82) is 0 Å². The van der Waals surface area contributed by atoms with Crippen molar-refractivity contribution in [2.45, 2.75) is 70.9 Å². The monoisotopic (exact) mass is 345 g/mol. The van der Waals surface area contributed by atoms with Crippen LogP contribution in [0.4, 0.5) is 0 Å². The van der Waals surface area contributed by atoms with Gasteiger partial charge in [0.1, 0.15) is 11.6 Å². The van der Waals surface area contributed by atoms with Crippen molar-refractivity contribution < 1.29 is 0 Å². The molecule has 0 bridgehead atoms. The van der Waals surface area contributed by atoms with Crippen LogP contribution in [0.2, 0.25) is 0 Å². The zero-order chi connectivity index (χ0) is 16.7. The smallest absolute Gasteiger partial charge is 0.136 e. The molecule has 5 nitrogen and oxygen atoms in total. The third-order valence-electron chi connectivity index (χ3n) is 5.17. The van der Waals surface area contributed by atoms with Gasteiger partial charge in [0.05, 0.1) is 10.7 Å². The first-order valence-electron chi connectivity index (χ1n) is 9.10. The lowest BCUT2D eigenvalue weighted by molar-refractivity contribution is 0.198. The van der Waals surface area contributed by atoms with Crippen LogP contribution in [0.5, 0.6) is 0 Å². The third-order valence-corrected chi connectivity index (χ3v) is 6.49. The van der Waals surface area contributed by atoms with E-state index in [0.717, 1.165) is 32.6 Å². The number of piperidine rings is 1. The second kappa shape index (κ2) is 6.23. The van der Waals surface area contributed by atoms with Gasteiger partial charge in [-0.05, 0) is 32.4 Å². The Kier molecular flexibility index (Phi) is 4.21. The summed E-state index contributed by atoms with van der Waals surface area (Å²) in [6.45, 7) is 11.1. The van der Waals surface area contributed by atoms with Crippen molar-refractivity contribution in [2.24, 2.45) is 0 Å². The fourth-order valence-corrected chi connectivity index (χ4v) is 4.68. The average Bonchev–Trinajstić information content (AvgIpc) is 3.23. The number of rotatable bonds is 3. The lowest BCUT2D eigenvalue weighted by atomic mass is 9.96. The number of fused-ring (bicyclic) bond motifs is 1. The van der Waals surface area contributed by atoms with Gasteiger partial charge in [-0.2, -0.15) is 0 Å². The quantitative estimate of drug-likeness (QED) is 0.856. The predicted octanol–water partition coefficient (Wildman–Crippen LogP) is 3.36. The minimum absolute atomic E-state index is 0.157. The van der Waals surface area contributed by atoms with Crippen molar-refractivity contribution in [1.82, 2.24) is 24.6 Å². The van der Waals surface area contributed by atoms with Crippen LogP contribution < -0.4 is 0 Å². The van der Waals surface area contributed by atoms with E-state index in [0.29, 0.717) is 5.92 Å². The average molecular weight is 346 g/mol. The summed E-state index contributed by atoms with van der Waals surface area (Å²) in [5.41, 5.74) is 1.39. The molecule has 130 valence electrons. The maximum absolute atomic E-state index is 4.84. The lowest BCUT2D eigenvalue weighted by Gasteiger charge is -2.31. The van der Waals surface area contributed by atoms with Gasteiger partial charge in [-0.3, -0.25) is 4.90 Å². The highest BCUT2D eigenvalue weighted by molar-refractivity contribution is 7.09. The molecule has 0 saturated carbocycles. The van der Waals surface area contributed by atoms with E-state index in [1.54, 1.807) is 11.3 Å². The molecule has 0 aliphatic carbocycles. The van der Waals surface area contributed by atoms with E-state index in [-0.39, 0.29) is 5.41 Å². The molecule has 0 radical (unpaired) electrons. The van der Waals surface area contributed by atoms with E-state index >= 15 is 0 Å². The largest absolute Gasteiger partial charge is 0.315 e. The molecule has 6 heteroatoms. The molecule has 0 amide bonds. The second-order valence-electron chi connectivity index (χ2n) is 8.17. The van der Waals surface area contributed by atoms with Gasteiger partial charge in [-0.15, -0.1) is 21.5 Å². The number of hydrogen-bond donors (Lipinski definition) is 0. The van der Waals surface area contributed by atoms with Crippen LogP contribution in [0.3, 0.4) is 0 Å². The van der Waals surface area contributed by atoms with Gasteiger partial charge in [-0.25, -0.2) is 4.98 Å². The van der Waals surface area contributed by atoms with Crippen molar-refractivity contribution >= 4 is 11.3 Å². The van der Waals surface area contributed by atoms with Gasteiger partial charge in [0.25, 0.3) is 0 Å². The Hall–Kier alpha value is -1.27. The molecule has 4 heterocycles. The minimum Gasteiger partial charge on any atom is -0.315 e. The summed E-state index contributed by atoms with van der Waals surface area (Å²) < 4.78 is 2.37. The van der Waals surface area contributed by atoms with Crippen molar-refractivity contribution in [3.63, 3.8) is 0 Å². The standard InChI is InChI=1S/C18H27N5S/c1-18(2,3)17-19-14(12-24-17)11-22-9-6-13(7-10-22)16-21-20-15-5-4-8-23(15)16/h12-13H,4-11H2,1-3H3. The number of nitrogens with zero attached hydrogens (tertiary/aromatic N) is 5. The van der Waals surface area contributed by atoms with Crippen molar-refractivity contribution in [3.05, 3.63) is 27.7 Å². The SMILES string of the molecule is CC(C)(C)c1nc(CN2CCC(c3nnc4n3CCC4)CC2)cs1. The molecule has 2 aliphatic rings. The second-order valence-corrected chi connectivity index (χ2v) is 9.03. The summed E-state index contributed by atoms with van der Waals surface area (Å²) in [4.78, 5) is 7.38. The Balaban J connectivity index is 1.35. The Bertz CT molecular complexity index is 703. The van der Waals surface area contributed by atoms with E-state index in [1.165, 1.54) is 41.6 Å². The van der Waals surface area contributed by atoms with Gasteiger partial charge in [0.2, 0.25) is 0 Å². The number of aromatic nitrogens is 4. The molecule has 1 saturated heterocycles. The lowest BCUT2D eigenvalue weighted by Crippen LogP contribution is -2.33. The van der Waals surface area contributed by atoms with E-state index in [4.69, 9.17) is 4.98 Å². The Morgan fingerprint density at radius 3 is 2.67 bits per heavy atom. The van der Waals surface area contributed by atoms with Gasteiger partial charge in [0, 0.05) is 36.2 Å². The Morgan fingerprint density at radius 1 is 1.17 bits per heavy atom. The summed E-state index contributed by atoms with van der Waals surface area (Å²) in [5, 5.41) is 12.3. The van der Waals surface area contributed by atoms with Crippen LogP contribution in [0.1, 0.15) is 68.3 Å². The van der Waals surface area contributed by atoms with E-state index in [1.807, 2.05) is 0 Å². The van der Waals surface area contributed by atoms with Crippen LogP contribution in [-0.4, -0.2) is 37.7 Å². The maximum Gasteiger partial charge on any atom is 0.136 e. The van der Waals surface area contributed by atoms with Gasteiger partial charge in [-0.1, -0.05) is 20.8 Å². The topological polar surface area (TPSA) is 46.8 Å². The van der Waals surface area contributed by atoms with Crippen LogP contribution >= 0.6 is 11.3 Å². The molecule has 0 aromatic carbocycles. The molecule has 1 fully saturated rings. The highest BCUT2D eigenvalue weighted by atomic mass is 32.1. The molecule has 0 N–H and O–H groups in total. The normalized spacial score (nSPS) is 19.8. The van der Waals surface area contributed by atoms with Crippen LogP contribution in [-0.2, 0) is 24.9 Å². The maximum atomic E-state index is 4.84. The summed E-state index contributed by atoms with van der Waals surface area (Å²) in [6.07, 6.45) is 4.71. The highest BCUT2D eigenvalue weighted by Crippen LogP contribution is 2.31. The first-order valence-corrected chi connectivity index (χ1v) is 9.98.